The molecule has 1 amide bonds. The van der Waals surface area contributed by atoms with Crippen molar-refractivity contribution in [2.75, 3.05) is 7.11 Å². The lowest BCUT2D eigenvalue weighted by atomic mass is 10.2. The molecule has 1 aromatic heterocycles. The number of carbonyl (C=O) groups is 2. The van der Waals surface area contributed by atoms with E-state index in [-0.39, 0.29) is 30.2 Å². The first-order valence-corrected chi connectivity index (χ1v) is 6.91. The summed E-state index contributed by atoms with van der Waals surface area (Å²) in [6, 6.07) is 3.76. The van der Waals surface area contributed by atoms with Crippen LogP contribution in [0.1, 0.15) is 16.1 Å². The molecule has 2 rings (SSSR count). The molecular weight excluding hydrogens is 342 g/mol. The standard InChI is InChI=1S/C14H14F2N4O5/c1-24-11-4-8(2-3-10(11)25-14(15)16)13(23)17-5-9-6-20(19-18-9)7-12(21)22/h2-4,6,14H,5,7H2,1H3,(H,17,23)(H,21,22). The Balaban J connectivity index is 2.00. The fourth-order valence-corrected chi connectivity index (χ4v) is 1.91. The first kappa shape index (κ1) is 18.1. The van der Waals surface area contributed by atoms with E-state index in [9.17, 15) is 18.4 Å². The summed E-state index contributed by atoms with van der Waals surface area (Å²) < 4.78 is 34.9. The molecule has 0 atom stereocenters. The molecule has 2 aromatic rings. The maximum Gasteiger partial charge on any atom is 0.387 e. The first-order chi connectivity index (χ1) is 11.9. The van der Waals surface area contributed by atoms with Gasteiger partial charge in [-0.25, -0.2) is 4.68 Å². The van der Waals surface area contributed by atoms with Gasteiger partial charge < -0.3 is 19.9 Å². The molecule has 0 aliphatic heterocycles. The summed E-state index contributed by atoms with van der Waals surface area (Å²) in [5.74, 6) is -1.78. The van der Waals surface area contributed by atoms with Crippen LogP contribution >= 0.6 is 0 Å². The normalized spacial score (nSPS) is 10.6. The number of nitrogens with zero attached hydrogens (tertiary/aromatic N) is 3. The number of carboxylic acids is 1. The van der Waals surface area contributed by atoms with Gasteiger partial charge in [-0.2, -0.15) is 8.78 Å². The van der Waals surface area contributed by atoms with E-state index in [1.54, 1.807) is 0 Å². The number of ether oxygens (including phenoxy) is 2. The molecule has 25 heavy (non-hydrogen) atoms. The van der Waals surface area contributed by atoms with Gasteiger partial charge in [-0.1, -0.05) is 5.21 Å². The molecule has 9 nitrogen and oxygen atoms in total. The van der Waals surface area contributed by atoms with Crippen LogP contribution in [0.25, 0.3) is 0 Å². The van der Waals surface area contributed by atoms with Gasteiger partial charge in [0.2, 0.25) is 0 Å². The molecule has 0 saturated carbocycles. The lowest BCUT2D eigenvalue weighted by Gasteiger charge is -2.11. The Bertz CT molecular complexity index is 765. The second-order valence-corrected chi connectivity index (χ2v) is 4.73. The molecule has 0 spiro atoms. The highest BCUT2D eigenvalue weighted by molar-refractivity contribution is 5.94. The number of rotatable bonds is 8. The summed E-state index contributed by atoms with van der Waals surface area (Å²) >= 11 is 0. The molecular formula is C14H14F2N4O5. The number of methoxy groups -OCH3 is 1. The fourth-order valence-electron chi connectivity index (χ4n) is 1.91. The van der Waals surface area contributed by atoms with Gasteiger partial charge in [-0.15, -0.1) is 5.10 Å². The summed E-state index contributed by atoms with van der Waals surface area (Å²) in [6.45, 7) is -3.35. The van der Waals surface area contributed by atoms with E-state index >= 15 is 0 Å². The zero-order chi connectivity index (χ0) is 18.4. The predicted molar refractivity (Wildman–Crippen MR) is 78.5 cm³/mol. The Morgan fingerprint density at radius 1 is 1.36 bits per heavy atom. The molecule has 134 valence electrons. The second kappa shape index (κ2) is 8.04. The quantitative estimate of drug-likeness (QED) is 0.722. The van der Waals surface area contributed by atoms with Gasteiger partial charge >= 0.3 is 12.6 Å². The van der Waals surface area contributed by atoms with E-state index in [1.165, 1.54) is 31.5 Å². The molecule has 2 N–H and O–H groups in total. The summed E-state index contributed by atoms with van der Waals surface area (Å²) in [5.41, 5.74) is 0.524. The number of nitrogens with one attached hydrogen (secondary N) is 1. The highest BCUT2D eigenvalue weighted by Crippen LogP contribution is 2.29. The molecule has 1 heterocycles. The maximum atomic E-state index is 12.3. The molecule has 1 aromatic carbocycles. The highest BCUT2D eigenvalue weighted by Gasteiger charge is 2.14. The van der Waals surface area contributed by atoms with Gasteiger partial charge in [-0.3, -0.25) is 9.59 Å². The lowest BCUT2D eigenvalue weighted by molar-refractivity contribution is -0.137. The number of amides is 1. The van der Waals surface area contributed by atoms with Crippen molar-refractivity contribution < 1.29 is 33.0 Å². The van der Waals surface area contributed by atoms with Crippen molar-refractivity contribution in [3.05, 3.63) is 35.7 Å². The first-order valence-electron chi connectivity index (χ1n) is 6.91. The van der Waals surface area contributed by atoms with Crippen LogP contribution in [0, 0.1) is 0 Å². The van der Waals surface area contributed by atoms with Crippen LogP contribution in [0.4, 0.5) is 8.78 Å². The molecule has 0 saturated heterocycles. The minimum atomic E-state index is -3.01. The smallest absolute Gasteiger partial charge is 0.387 e. The van der Waals surface area contributed by atoms with E-state index in [1.807, 2.05) is 0 Å². The van der Waals surface area contributed by atoms with Gasteiger partial charge in [0, 0.05) is 5.56 Å². The minimum Gasteiger partial charge on any atom is -0.493 e. The number of aromatic nitrogens is 3. The van der Waals surface area contributed by atoms with Crippen LogP contribution < -0.4 is 14.8 Å². The molecule has 0 unspecified atom stereocenters. The number of carbonyl (C=O) groups excluding carboxylic acids is 1. The zero-order valence-corrected chi connectivity index (χ0v) is 13.0. The summed E-state index contributed by atoms with van der Waals surface area (Å²) in [7, 11) is 1.26. The van der Waals surface area contributed by atoms with Crippen molar-refractivity contribution in [1.29, 1.82) is 0 Å². The average Bonchev–Trinajstić information content (AvgIpc) is 2.99. The molecule has 0 radical (unpaired) electrons. The van der Waals surface area contributed by atoms with Crippen molar-refractivity contribution in [2.45, 2.75) is 19.7 Å². The van der Waals surface area contributed by atoms with Gasteiger partial charge in [0.25, 0.3) is 5.91 Å². The summed E-state index contributed by atoms with van der Waals surface area (Å²) in [5, 5.41) is 18.5. The number of alkyl halides is 2. The Kier molecular flexibility index (Phi) is 5.82. The number of hydrogen-bond acceptors (Lipinski definition) is 6. The topological polar surface area (TPSA) is 116 Å². The van der Waals surface area contributed by atoms with Crippen LogP contribution in [-0.4, -0.2) is 45.7 Å². The van der Waals surface area contributed by atoms with Crippen molar-refractivity contribution in [3.8, 4) is 11.5 Å². The molecule has 0 fully saturated rings. The Hall–Kier alpha value is -3.24. The Labute approximate surface area is 140 Å². The number of aliphatic carboxylic acids is 1. The summed E-state index contributed by atoms with van der Waals surface area (Å²) in [4.78, 5) is 22.7. The minimum absolute atomic E-state index is 0.00997. The fraction of sp³-hybridized carbons (Fsp3) is 0.286. The number of benzene rings is 1. The largest absolute Gasteiger partial charge is 0.493 e. The number of halogens is 2. The predicted octanol–water partition coefficient (Wildman–Crippen LogP) is 0.903. The Morgan fingerprint density at radius 3 is 2.76 bits per heavy atom. The highest BCUT2D eigenvalue weighted by atomic mass is 19.3. The third-order valence-electron chi connectivity index (χ3n) is 2.96. The van der Waals surface area contributed by atoms with Crippen molar-refractivity contribution >= 4 is 11.9 Å². The third kappa shape index (κ3) is 5.12. The van der Waals surface area contributed by atoms with Crippen molar-refractivity contribution in [2.24, 2.45) is 0 Å². The zero-order valence-electron chi connectivity index (χ0n) is 13.0. The van der Waals surface area contributed by atoms with E-state index in [0.717, 1.165) is 4.68 Å². The second-order valence-electron chi connectivity index (χ2n) is 4.73. The van der Waals surface area contributed by atoms with Gasteiger partial charge in [-0.05, 0) is 18.2 Å². The van der Waals surface area contributed by atoms with E-state index in [2.05, 4.69) is 20.4 Å². The van der Waals surface area contributed by atoms with E-state index < -0.39 is 18.5 Å². The maximum absolute atomic E-state index is 12.3. The van der Waals surface area contributed by atoms with Crippen LogP contribution in [0.5, 0.6) is 11.5 Å². The van der Waals surface area contributed by atoms with Crippen LogP contribution in [-0.2, 0) is 17.9 Å². The van der Waals surface area contributed by atoms with Crippen LogP contribution in [0.3, 0.4) is 0 Å². The van der Waals surface area contributed by atoms with E-state index in [4.69, 9.17) is 9.84 Å². The molecule has 0 aliphatic carbocycles. The number of carboxylic acid groups (broad SMARTS) is 1. The number of hydrogen-bond donors (Lipinski definition) is 2. The van der Waals surface area contributed by atoms with Gasteiger partial charge in [0.05, 0.1) is 19.9 Å². The van der Waals surface area contributed by atoms with E-state index in [0.29, 0.717) is 5.69 Å². The lowest BCUT2D eigenvalue weighted by Crippen LogP contribution is -2.23. The molecule has 0 bridgehead atoms. The average molecular weight is 356 g/mol. The molecule has 0 aliphatic rings. The SMILES string of the molecule is COc1cc(C(=O)NCc2cn(CC(=O)O)nn2)ccc1OC(F)F. The van der Waals surface area contributed by atoms with Gasteiger partial charge in [0.15, 0.2) is 11.5 Å². The molecule has 11 heteroatoms. The van der Waals surface area contributed by atoms with Crippen molar-refractivity contribution in [1.82, 2.24) is 20.3 Å². The summed E-state index contributed by atoms with van der Waals surface area (Å²) in [6.07, 6.45) is 1.38. The van der Waals surface area contributed by atoms with Gasteiger partial charge in [0.1, 0.15) is 12.2 Å². The van der Waals surface area contributed by atoms with Crippen molar-refractivity contribution in [3.63, 3.8) is 0 Å². The third-order valence-corrected chi connectivity index (χ3v) is 2.96. The van der Waals surface area contributed by atoms with Crippen LogP contribution in [0.2, 0.25) is 0 Å². The Morgan fingerprint density at radius 2 is 2.12 bits per heavy atom. The van der Waals surface area contributed by atoms with Crippen LogP contribution in [0.15, 0.2) is 24.4 Å². The monoisotopic (exact) mass is 356 g/mol.